The first-order chi connectivity index (χ1) is 9.58. The third kappa shape index (κ3) is 3.03. The van der Waals surface area contributed by atoms with Crippen molar-refractivity contribution in [3.8, 4) is 0 Å². The van der Waals surface area contributed by atoms with E-state index in [1.54, 1.807) is 12.1 Å². The van der Waals surface area contributed by atoms with Gasteiger partial charge < -0.3 is 5.43 Å². The number of nitrogens with zero attached hydrogens (tertiary/aromatic N) is 1. The molecule has 4 N–H and O–H groups in total. The lowest BCUT2D eigenvalue weighted by Gasteiger charge is -2.13. The maximum absolute atomic E-state index is 12.4. The number of pyridine rings is 1. The summed E-state index contributed by atoms with van der Waals surface area (Å²) in [6, 6.07) is 8.65. The van der Waals surface area contributed by atoms with Crippen molar-refractivity contribution < 1.29 is 8.42 Å². The number of nitrogens with two attached hydrogens (primary N) is 1. The predicted molar refractivity (Wildman–Crippen MR) is 81.1 cm³/mol. The fourth-order valence-electron chi connectivity index (χ4n) is 1.64. The van der Waals surface area contributed by atoms with Gasteiger partial charge in [-0.3, -0.25) is 15.5 Å². The summed E-state index contributed by atoms with van der Waals surface area (Å²) in [7, 11) is -3.76. The predicted octanol–water partition coefficient (Wildman–Crippen LogP) is 1.89. The quantitative estimate of drug-likeness (QED) is 0.443. The Bertz CT molecular complexity index is 704. The Hall–Kier alpha value is -1.77. The van der Waals surface area contributed by atoms with E-state index in [0.29, 0.717) is 5.69 Å². The van der Waals surface area contributed by atoms with Crippen molar-refractivity contribution in [3.63, 3.8) is 0 Å². The second-order valence-electron chi connectivity index (χ2n) is 3.82. The Kier molecular flexibility index (Phi) is 4.48. The van der Waals surface area contributed by atoms with Crippen molar-refractivity contribution in [2.45, 2.75) is 9.79 Å². The van der Waals surface area contributed by atoms with Gasteiger partial charge in [0, 0.05) is 17.3 Å². The molecule has 20 heavy (non-hydrogen) atoms. The molecule has 106 valence electrons. The van der Waals surface area contributed by atoms with E-state index in [2.05, 4.69) is 15.1 Å². The molecule has 0 atom stereocenters. The molecule has 0 spiro atoms. The molecule has 1 aromatic carbocycles. The molecule has 0 bridgehead atoms. The van der Waals surface area contributed by atoms with Crippen LogP contribution in [0.4, 0.5) is 11.4 Å². The van der Waals surface area contributed by atoms with E-state index in [4.69, 9.17) is 5.84 Å². The summed E-state index contributed by atoms with van der Waals surface area (Å²) in [5, 5.41) is 0. The van der Waals surface area contributed by atoms with Crippen molar-refractivity contribution in [1.82, 2.24) is 4.98 Å². The van der Waals surface area contributed by atoms with E-state index >= 15 is 0 Å². The van der Waals surface area contributed by atoms with E-state index in [9.17, 15) is 8.42 Å². The van der Waals surface area contributed by atoms with Crippen LogP contribution in [0.1, 0.15) is 0 Å². The number of hydrogen-bond donors (Lipinski definition) is 3. The smallest absolute Gasteiger partial charge is 0.265 e. The molecule has 6 nitrogen and oxygen atoms in total. The van der Waals surface area contributed by atoms with Gasteiger partial charge in [0.2, 0.25) is 0 Å². The van der Waals surface area contributed by atoms with Crippen molar-refractivity contribution >= 4 is 33.2 Å². The summed E-state index contributed by atoms with van der Waals surface area (Å²) >= 11 is 1.46. The van der Waals surface area contributed by atoms with Gasteiger partial charge in [-0.1, -0.05) is 12.1 Å². The van der Waals surface area contributed by atoms with Gasteiger partial charge >= 0.3 is 0 Å². The van der Waals surface area contributed by atoms with Crippen molar-refractivity contribution in [3.05, 3.63) is 42.7 Å². The van der Waals surface area contributed by atoms with Crippen LogP contribution in [0.25, 0.3) is 0 Å². The lowest BCUT2D eigenvalue weighted by Crippen LogP contribution is -2.18. The van der Waals surface area contributed by atoms with Crippen LogP contribution >= 0.6 is 11.8 Å². The van der Waals surface area contributed by atoms with Crippen molar-refractivity contribution in [2.24, 2.45) is 5.84 Å². The molecule has 0 radical (unpaired) electrons. The number of hydrazine groups is 1. The van der Waals surface area contributed by atoms with Crippen LogP contribution in [-0.4, -0.2) is 19.7 Å². The first-order valence-corrected chi connectivity index (χ1v) is 8.35. The molecule has 0 saturated heterocycles. The Morgan fingerprint density at radius 1 is 1.20 bits per heavy atom. The van der Waals surface area contributed by atoms with Crippen molar-refractivity contribution in [1.29, 1.82) is 0 Å². The minimum atomic E-state index is -3.76. The molecule has 8 heteroatoms. The van der Waals surface area contributed by atoms with Crippen LogP contribution < -0.4 is 16.0 Å². The molecule has 0 aliphatic rings. The standard InChI is InChI=1S/C12H14N4O2S2/c1-19-11-5-3-2-4-9(11)16-20(17,18)12-8-14-7-6-10(12)15-13/h2-8,16H,13H2,1H3,(H,14,15). The zero-order valence-electron chi connectivity index (χ0n) is 10.7. The van der Waals surface area contributed by atoms with E-state index in [-0.39, 0.29) is 10.6 Å². The lowest BCUT2D eigenvalue weighted by molar-refractivity contribution is 0.601. The molecule has 0 aliphatic heterocycles. The number of nitrogens with one attached hydrogen (secondary N) is 2. The summed E-state index contributed by atoms with van der Waals surface area (Å²) in [4.78, 5) is 4.66. The van der Waals surface area contributed by atoms with Gasteiger partial charge in [-0.25, -0.2) is 8.42 Å². The van der Waals surface area contributed by atoms with Crippen LogP contribution in [0.15, 0.2) is 52.5 Å². The average molecular weight is 310 g/mol. The summed E-state index contributed by atoms with van der Waals surface area (Å²) < 4.78 is 27.3. The fraction of sp³-hybridized carbons (Fsp3) is 0.0833. The second-order valence-corrected chi connectivity index (χ2v) is 6.32. The van der Waals surface area contributed by atoms with Gasteiger partial charge in [0.05, 0.1) is 11.4 Å². The first-order valence-electron chi connectivity index (χ1n) is 5.65. The molecule has 0 unspecified atom stereocenters. The SMILES string of the molecule is CSc1ccccc1NS(=O)(=O)c1cnccc1NN. The molecular formula is C12H14N4O2S2. The maximum atomic E-state index is 12.4. The van der Waals surface area contributed by atoms with E-state index in [0.717, 1.165) is 4.90 Å². The van der Waals surface area contributed by atoms with Gasteiger partial charge in [-0.2, -0.15) is 0 Å². The van der Waals surface area contributed by atoms with Crippen LogP contribution in [0.3, 0.4) is 0 Å². The van der Waals surface area contributed by atoms with Gasteiger partial charge in [-0.15, -0.1) is 11.8 Å². The van der Waals surface area contributed by atoms with E-state index in [1.807, 2.05) is 18.4 Å². The normalized spacial score (nSPS) is 11.1. The number of hydrogen-bond acceptors (Lipinski definition) is 6. The number of rotatable bonds is 5. The van der Waals surface area contributed by atoms with E-state index in [1.165, 1.54) is 30.2 Å². The molecule has 0 amide bonds. The van der Waals surface area contributed by atoms with Crippen LogP contribution in [-0.2, 0) is 10.0 Å². The summed E-state index contributed by atoms with van der Waals surface area (Å²) in [6.45, 7) is 0. The average Bonchev–Trinajstić information content (AvgIpc) is 2.47. The Balaban J connectivity index is 2.41. The minimum Gasteiger partial charge on any atom is -0.323 e. The number of sulfonamides is 1. The summed E-state index contributed by atoms with van der Waals surface area (Å²) in [5.41, 5.74) is 3.16. The molecule has 1 aromatic heterocycles. The Morgan fingerprint density at radius 2 is 1.95 bits per heavy atom. The fourth-order valence-corrected chi connectivity index (χ4v) is 3.45. The molecular weight excluding hydrogens is 296 g/mol. The largest absolute Gasteiger partial charge is 0.323 e. The number of para-hydroxylation sites is 1. The highest BCUT2D eigenvalue weighted by atomic mass is 32.2. The lowest BCUT2D eigenvalue weighted by atomic mass is 10.3. The second kappa shape index (κ2) is 6.12. The van der Waals surface area contributed by atoms with Crippen LogP contribution in [0, 0.1) is 0 Å². The molecule has 0 fully saturated rings. The zero-order chi connectivity index (χ0) is 14.6. The number of thioether (sulfide) groups is 1. The topological polar surface area (TPSA) is 97.1 Å². The van der Waals surface area contributed by atoms with Gasteiger partial charge in [0.15, 0.2) is 0 Å². The van der Waals surface area contributed by atoms with Gasteiger partial charge in [0.1, 0.15) is 4.90 Å². The number of anilines is 2. The molecule has 1 heterocycles. The molecule has 0 aliphatic carbocycles. The number of nitrogen functional groups attached to an aromatic ring is 1. The van der Waals surface area contributed by atoms with Crippen LogP contribution in [0.2, 0.25) is 0 Å². The highest BCUT2D eigenvalue weighted by Gasteiger charge is 2.19. The highest BCUT2D eigenvalue weighted by Crippen LogP contribution is 2.28. The van der Waals surface area contributed by atoms with Gasteiger partial charge in [-0.05, 0) is 24.5 Å². The Morgan fingerprint density at radius 3 is 2.65 bits per heavy atom. The number of aromatic nitrogens is 1. The van der Waals surface area contributed by atoms with Crippen molar-refractivity contribution in [2.75, 3.05) is 16.4 Å². The third-order valence-electron chi connectivity index (χ3n) is 2.58. The molecule has 2 aromatic rings. The van der Waals surface area contributed by atoms with Crippen LogP contribution in [0.5, 0.6) is 0 Å². The zero-order valence-corrected chi connectivity index (χ0v) is 12.3. The highest BCUT2D eigenvalue weighted by molar-refractivity contribution is 7.99. The Labute approximate surface area is 121 Å². The van der Waals surface area contributed by atoms with Gasteiger partial charge in [0.25, 0.3) is 10.0 Å². The summed E-state index contributed by atoms with van der Waals surface area (Å²) in [6.07, 6.45) is 4.59. The van der Waals surface area contributed by atoms with E-state index < -0.39 is 10.0 Å². The molecule has 0 saturated carbocycles. The third-order valence-corrected chi connectivity index (χ3v) is 4.77. The summed E-state index contributed by atoms with van der Waals surface area (Å²) in [5.74, 6) is 5.32. The first kappa shape index (κ1) is 14.6. The monoisotopic (exact) mass is 310 g/mol. The minimum absolute atomic E-state index is 0.00148. The maximum Gasteiger partial charge on any atom is 0.265 e. The number of benzene rings is 1. The molecule has 2 rings (SSSR count).